The molecule has 0 spiro atoms. The number of fused-ring (bicyclic) bond motifs is 1. The van der Waals surface area contributed by atoms with Crippen LogP contribution < -0.4 is 10.2 Å². The smallest absolute Gasteiger partial charge is 0.263 e. The summed E-state index contributed by atoms with van der Waals surface area (Å²) in [5.74, 6) is -0.325. The molecular formula is C23H30FN5OS. The van der Waals surface area contributed by atoms with E-state index in [4.69, 9.17) is 0 Å². The van der Waals surface area contributed by atoms with E-state index in [9.17, 15) is 9.18 Å². The van der Waals surface area contributed by atoms with E-state index >= 15 is 0 Å². The number of thiazole rings is 1. The van der Waals surface area contributed by atoms with E-state index in [2.05, 4.69) is 39.1 Å². The van der Waals surface area contributed by atoms with Crippen molar-refractivity contribution in [1.82, 2.24) is 20.2 Å². The van der Waals surface area contributed by atoms with Gasteiger partial charge in [-0.3, -0.25) is 4.79 Å². The van der Waals surface area contributed by atoms with Gasteiger partial charge in [0.2, 0.25) is 0 Å². The summed E-state index contributed by atoms with van der Waals surface area (Å²) in [6.45, 7) is 6.02. The molecule has 1 aliphatic heterocycles. The average molecular weight is 444 g/mol. The van der Waals surface area contributed by atoms with Crippen LogP contribution in [0.2, 0.25) is 0 Å². The Balaban J connectivity index is 1.45. The number of anilines is 1. The van der Waals surface area contributed by atoms with Gasteiger partial charge >= 0.3 is 0 Å². The second kappa shape index (κ2) is 9.78. The van der Waals surface area contributed by atoms with Crippen molar-refractivity contribution in [3.05, 3.63) is 46.9 Å². The fraction of sp³-hybridized carbons (Fsp3) is 0.478. The Bertz CT molecular complexity index is 1020. The van der Waals surface area contributed by atoms with Crippen LogP contribution in [0.1, 0.15) is 41.4 Å². The maximum Gasteiger partial charge on any atom is 0.263 e. The van der Waals surface area contributed by atoms with E-state index in [1.54, 1.807) is 18.3 Å². The van der Waals surface area contributed by atoms with Gasteiger partial charge in [0.25, 0.3) is 5.91 Å². The molecule has 1 amide bonds. The number of likely N-dealkylation sites (N-methyl/N-ethyl adjacent to an activating group) is 1. The summed E-state index contributed by atoms with van der Waals surface area (Å²) in [7, 11) is 2.12. The Hall–Kier alpha value is -2.45. The number of H-pyrrole nitrogens is 1. The van der Waals surface area contributed by atoms with Gasteiger partial charge in [-0.15, -0.1) is 0 Å². The maximum absolute atomic E-state index is 13.7. The van der Waals surface area contributed by atoms with E-state index in [0.29, 0.717) is 11.3 Å². The summed E-state index contributed by atoms with van der Waals surface area (Å²) in [5, 5.41) is 5.00. The molecule has 8 heteroatoms. The third-order valence-electron chi connectivity index (χ3n) is 5.93. The first-order valence-corrected chi connectivity index (χ1v) is 11.8. The lowest BCUT2D eigenvalue weighted by Gasteiger charge is -2.32. The highest BCUT2D eigenvalue weighted by atomic mass is 32.1. The number of aromatic amines is 1. The summed E-state index contributed by atoms with van der Waals surface area (Å²) in [6.07, 6.45) is 7.24. The molecule has 3 heterocycles. The molecule has 31 heavy (non-hydrogen) atoms. The molecule has 6 nitrogen and oxygen atoms in total. The highest BCUT2D eigenvalue weighted by Gasteiger charge is 2.21. The van der Waals surface area contributed by atoms with Gasteiger partial charge in [0, 0.05) is 49.3 Å². The molecule has 1 saturated heterocycles. The molecule has 3 aromatic rings. The number of aromatic nitrogens is 2. The summed E-state index contributed by atoms with van der Waals surface area (Å²) in [5.41, 5.74) is 1.94. The number of carbonyl (C=O) groups is 1. The van der Waals surface area contributed by atoms with Gasteiger partial charge in [-0.05, 0) is 43.7 Å². The van der Waals surface area contributed by atoms with Gasteiger partial charge in [-0.2, -0.15) is 0 Å². The lowest BCUT2D eigenvalue weighted by atomic mass is 10.0. The molecule has 1 unspecified atom stereocenters. The number of halogens is 1. The molecule has 2 N–H and O–H groups in total. The minimum absolute atomic E-state index is 0.0103. The highest BCUT2D eigenvalue weighted by Crippen LogP contribution is 2.25. The lowest BCUT2D eigenvalue weighted by molar-refractivity contribution is 0.0938. The van der Waals surface area contributed by atoms with Crippen molar-refractivity contribution in [2.75, 3.05) is 38.1 Å². The van der Waals surface area contributed by atoms with Crippen molar-refractivity contribution >= 4 is 33.3 Å². The number of rotatable bonds is 8. The third-order valence-corrected chi connectivity index (χ3v) is 6.99. The summed E-state index contributed by atoms with van der Waals surface area (Å²) < 4.78 is 13.7. The molecule has 1 fully saturated rings. The van der Waals surface area contributed by atoms with Crippen molar-refractivity contribution in [1.29, 1.82) is 0 Å². The van der Waals surface area contributed by atoms with E-state index in [-0.39, 0.29) is 17.8 Å². The molecule has 0 aliphatic carbocycles. The van der Waals surface area contributed by atoms with Crippen molar-refractivity contribution in [2.45, 2.75) is 38.6 Å². The number of piperazine rings is 1. The van der Waals surface area contributed by atoms with Crippen LogP contribution in [-0.2, 0) is 6.42 Å². The second-order valence-corrected chi connectivity index (χ2v) is 9.33. The normalized spacial score (nSPS) is 16.0. The van der Waals surface area contributed by atoms with Crippen molar-refractivity contribution < 1.29 is 9.18 Å². The van der Waals surface area contributed by atoms with Gasteiger partial charge in [0.05, 0.1) is 6.20 Å². The van der Waals surface area contributed by atoms with Crippen molar-refractivity contribution in [3.8, 4) is 0 Å². The first-order valence-electron chi connectivity index (χ1n) is 11.0. The van der Waals surface area contributed by atoms with Crippen LogP contribution in [0.4, 0.5) is 9.52 Å². The Morgan fingerprint density at radius 1 is 1.32 bits per heavy atom. The average Bonchev–Trinajstić information content (AvgIpc) is 3.40. The van der Waals surface area contributed by atoms with Crippen LogP contribution in [-0.4, -0.2) is 60.0 Å². The zero-order valence-electron chi connectivity index (χ0n) is 18.2. The fourth-order valence-electron chi connectivity index (χ4n) is 4.03. The first kappa shape index (κ1) is 21.8. The predicted molar refractivity (Wildman–Crippen MR) is 125 cm³/mol. The monoisotopic (exact) mass is 443 g/mol. The number of carbonyl (C=O) groups excluding carboxylic acids is 1. The third kappa shape index (κ3) is 5.25. The van der Waals surface area contributed by atoms with Crippen LogP contribution in [0.25, 0.3) is 10.9 Å². The number of hydrogen-bond donors (Lipinski definition) is 2. The number of hydrogen-bond acceptors (Lipinski definition) is 5. The topological polar surface area (TPSA) is 64.3 Å². The summed E-state index contributed by atoms with van der Waals surface area (Å²) >= 11 is 1.46. The zero-order chi connectivity index (χ0) is 21.8. The largest absolute Gasteiger partial charge is 0.361 e. The molecule has 0 bridgehead atoms. The molecule has 0 radical (unpaired) electrons. The Labute approximate surface area is 186 Å². The van der Waals surface area contributed by atoms with Crippen LogP contribution in [0.15, 0.2) is 30.6 Å². The fourth-order valence-corrected chi connectivity index (χ4v) is 4.90. The quantitative estimate of drug-likeness (QED) is 0.551. The van der Waals surface area contributed by atoms with E-state index in [0.717, 1.165) is 67.0 Å². The first-order chi connectivity index (χ1) is 15.0. The maximum atomic E-state index is 13.7. The van der Waals surface area contributed by atoms with Crippen molar-refractivity contribution in [2.24, 2.45) is 0 Å². The van der Waals surface area contributed by atoms with Gasteiger partial charge < -0.3 is 20.1 Å². The Morgan fingerprint density at radius 3 is 2.90 bits per heavy atom. The van der Waals surface area contributed by atoms with Gasteiger partial charge in [0.1, 0.15) is 10.7 Å². The van der Waals surface area contributed by atoms with Crippen LogP contribution in [0.5, 0.6) is 0 Å². The second-order valence-electron chi connectivity index (χ2n) is 8.32. The molecular weight excluding hydrogens is 413 g/mol. The van der Waals surface area contributed by atoms with Gasteiger partial charge in [-0.25, -0.2) is 9.37 Å². The minimum Gasteiger partial charge on any atom is -0.361 e. The van der Waals surface area contributed by atoms with Crippen molar-refractivity contribution in [3.63, 3.8) is 0 Å². The molecule has 0 saturated carbocycles. The molecule has 2 aromatic heterocycles. The molecule has 1 aliphatic rings. The molecule has 1 atom stereocenters. The van der Waals surface area contributed by atoms with Crippen LogP contribution in [0.3, 0.4) is 0 Å². The van der Waals surface area contributed by atoms with E-state index < -0.39 is 0 Å². The summed E-state index contributed by atoms with van der Waals surface area (Å²) in [6, 6.07) is 4.76. The number of amides is 1. The van der Waals surface area contributed by atoms with E-state index in [1.165, 1.54) is 17.4 Å². The van der Waals surface area contributed by atoms with Crippen LogP contribution in [0, 0.1) is 5.82 Å². The highest BCUT2D eigenvalue weighted by molar-refractivity contribution is 7.17. The summed E-state index contributed by atoms with van der Waals surface area (Å²) in [4.78, 5) is 25.9. The number of nitrogens with one attached hydrogen (secondary N) is 2. The zero-order valence-corrected chi connectivity index (χ0v) is 19.0. The molecule has 1 aromatic carbocycles. The lowest BCUT2D eigenvalue weighted by Crippen LogP contribution is -2.44. The van der Waals surface area contributed by atoms with Crippen LogP contribution >= 0.6 is 11.3 Å². The van der Waals surface area contributed by atoms with Gasteiger partial charge in [0.15, 0.2) is 5.13 Å². The standard InChI is InChI=1S/C23H30FN5OS/c1-3-4-5-18(12-16-14-25-20-7-6-17(24)13-19(16)20)27-22(30)21-15-26-23(31-21)29-10-8-28(2)9-11-29/h6-7,13-15,18,25H,3-5,8-12H2,1-2H3,(H,27,30). The predicted octanol–water partition coefficient (Wildman–Crippen LogP) is 4.05. The molecule has 4 rings (SSSR count). The van der Waals surface area contributed by atoms with Gasteiger partial charge in [-0.1, -0.05) is 31.1 Å². The molecule has 166 valence electrons. The number of benzene rings is 1. The SMILES string of the molecule is CCCCC(Cc1c[nH]c2ccc(F)cc12)NC(=O)c1cnc(N2CCN(C)CC2)s1. The van der Waals surface area contributed by atoms with E-state index in [1.807, 2.05) is 6.20 Å². The number of unbranched alkanes of at least 4 members (excludes halogenated alkanes) is 1. The Morgan fingerprint density at radius 2 is 2.13 bits per heavy atom. The Kier molecular flexibility index (Phi) is 6.87. The number of nitrogens with zero attached hydrogens (tertiary/aromatic N) is 3. The minimum atomic E-state index is -0.247.